The molecule has 2 fully saturated rings. The fourth-order valence-corrected chi connectivity index (χ4v) is 5.90. The topological polar surface area (TPSA) is 109 Å². The SMILES string of the molecule is Cc1oc(Cc2cccc(Cl)c2)nc1-c1ccc(OCc2ccc(C(=O)N3CC4CCC(C3)N4C(=O)O)cn2)cc1. The van der Waals surface area contributed by atoms with Crippen molar-refractivity contribution < 1.29 is 23.8 Å². The van der Waals surface area contributed by atoms with Crippen LogP contribution >= 0.6 is 11.6 Å². The minimum Gasteiger partial charge on any atom is -0.487 e. The third kappa shape index (κ3) is 5.76. The number of carboxylic acid groups (broad SMARTS) is 1. The molecule has 10 heteroatoms. The van der Waals surface area contributed by atoms with E-state index in [-0.39, 0.29) is 24.6 Å². The minimum absolute atomic E-state index is 0.124. The number of pyridine rings is 1. The smallest absolute Gasteiger partial charge is 0.407 e. The molecule has 2 aliphatic rings. The van der Waals surface area contributed by atoms with Crippen molar-refractivity contribution in [2.45, 2.75) is 44.9 Å². The number of hydrogen-bond donors (Lipinski definition) is 1. The van der Waals surface area contributed by atoms with E-state index in [4.69, 9.17) is 20.8 Å². The number of halogens is 1. The van der Waals surface area contributed by atoms with Gasteiger partial charge in [0.15, 0.2) is 5.89 Å². The lowest BCUT2D eigenvalue weighted by molar-refractivity contribution is 0.0447. The normalized spacial score (nSPS) is 18.0. The van der Waals surface area contributed by atoms with E-state index >= 15 is 0 Å². The molecule has 1 N–H and O–H groups in total. The first-order valence-corrected chi connectivity index (χ1v) is 13.9. The van der Waals surface area contributed by atoms with Crippen molar-refractivity contribution in [3.8, 4) is 17.0 Å². The zero-order valence-electron chi connectivity index (χ0n) is 22.5. The summed E-state index contributed by atoms with van der Waals surface area (Å²) in [5.74, 6) is 1.93. The lowest BCUT2D eigenvalue weighted by atomic mass is 10.1. The van der Waals surface area contributed by atoms with E-state index < -0.39 is 6.09 Å². The van der Waals surface area contributed by atoms with E-state index in [0.717, 1.165) is 35.4 Å². The molecule has 0 radical (unpaired) electrons. The maximum atomic E-state index is 13.0. The summed E-state index contributed by atoms with van der Waals surface area (Å²) in [5.41, 5.74) is 3.92. The van der Waals surface area contributed by atoms with Gasteiger partial charge in [0.2, 0.25) is 0 Å². The molecule has 0 spiro atoms. The van der Waals surface area contributed by atoms with Crippen molar-refractivity contribution in [3.63, 3.8) is 0 Å². The Labute approximate surface area is 242 Å². The van der Waals surface area contributed by atoms with Crippen molar-refractivity contribution in [1.29, 1.82) is 0 Å². The van der Waals surface area contributed by atoms with Crippen LogP contribution in [0, 0.1) is 6.92 Å². The fourth-order valence-electron chi connectivity index (χ4n) is 5.68. The van der Waals surface area contributed by atoms with Crippen LogP contribution in [0.1, 0.15) is 46.1 Å². The maximum absolute atomic E-state index is 13.0. The summed E-state index contributed by atoms with van der Waals surface area (Å²) in [7, 11) is 0. The summed E-state index contributed by atoms with van der Waals surface area (Å²) in [6.45, 7) is 2.98. The zero-order chi connectivity index (χ0) is 28.5. The van der Waals surface area contributed by atoms with Gasteiger partial charge >= 0.3 is 6.09 Å². The van der Waals surface area contributed by atoms with Gasteiger partial charge in [-0.3, -0.25) is 14.7 Å². The molecule has 4 heterocycles. The number of benzene rings is 2. The summed E-state index contributed by atoms with van der Waals surface area (Å²) in [5, 5.41) is 10.1. The Morgan fingerprint density at radius 3 is 2.49 bits per heavy atom. The number of aromatic nitrogens is 2. The third-order valence-corrected chi connectivity index (χ3v) is 7.90. The van der Waals surface area contributed by atoms with Crippen molar-refractivity contribution in [1.82, 2.24) is 19.8 Å². The van der Waals surface area contributed by atoms with Gasteiger partial charge in [0.05, 0.1) is 23.3 Å². The molecule has 2 aromatic carbocycles. The predicted molar refractivity (Wildman–Crippen MR) is 152 cm³/mol. The van der Waals surface area contributed by atoms with Crippen LogP contribution in [-0.2, 0) is 13.0 Å². The molecule has 0 aliphatic carbocycles. The lowest BCUT2D eigenvalue weighted by Crippen LogP contribution is -2.56. The average Bonchev–Trinajstić information content (AvgIpc) is 3.47. The molecule has 210 valence electrons. The number of carbonyl (C=O) groups excluding carboxylic acids is 1. The number of fused-ring (bicyclic) bond motifs is 2. The van der Waals surface area contributed by atoms with Gasteiger partial charge in [-0.15, -0.1) is 0 Å². The number of hydrogen-bond acceptors (Lipinski definition) is 6. The summed E-state index contributed by atoms with van der Waals surface area (Å²) in [6.07, 6.45) is 2.79. The Morgan fingerprint density at radius 2 is 1.83 bits per heavy atom. The van der Waals surface area contributed by atoms with Gasteiger partial charge in [-0.2, -0.15) is 0 Å². The lowest BCUT2D eigenvalue weighted by Gasteiger charge is -2.39. The number of amides is 2. The first-order chi connectivity index (χ1) is 19.8. The van der Waals surface area contributed by atoms with Gasteiger partial charge in [0, 0.05) is 36.3 Å². The van der Waals surface area contributed by atoms with Crippen LogP contribution in [-0.4, -0.2) is 62.0 Å². The molecule has 2 unspecified atom stereocenters. The highest BCUT2D eigenvalue weighted by molar-refractivity contribution is 6.30. The highest BCUT2D eigenvalue weighted by Crippen LogP contribution is 2.31. The van der Waals surface area contributed by atoms with Gasteiger partial charge in [0.1, 0.15) is 23.8 Å². The standard InChI is InChI=1S/C31H29ClN4O5/c1-19-29(34-28(41-19)14-20-3-2-4-23(32)13-20)21-6-11-27(12-7-21)40-18-24-8-5-22(15-33-24)30(37)35-16-25-9-10-26(17-35)36(25)31(38)39/h2-8,11-13,15,25-26H,9-10,14,16-18H2,1H3,(H,38,39). The van der Waals surface area contributed by atoms with Crippen LogP contribution in [0.4, 0.5) is 4.79 Å². The first-order valence-electron chi connectivity index (χ1n) is 13.5. The molecule has 2 saturated heterocycles. The van der Waals surface area contributed by atoms with Crippen LogP contribution < -0.4 is 4.74 Å². The third-order valence-electron chi connectivity index (χ3n) is 7.66. The van der Waals surface area contributed by atoms with Crippen molar-refractivity contribution in [3.05, 3.63) is 100 Å². The number of likely N-dealkylation sites (tertiary alicyclic amines) is 1. The second kappa shape index (κ2) is 11.2. The molecule has 4 aromatic rings. The number of rotatable bonds is 7. The Bertz CT molecular complexity index is 1560. The summed E-state index contributed by atoms with van der Waals surface area (Å²) in [4.78, 5) is 36.9. The molecule has 2 aromatic heterocycles. The number of carbonyl (C=O) groups is 2. The Balaban J connectivity index is 1.04. The molecule has 2 bridgehead atoms. The molecule has 9 nitrogen and oxygen atoms in total. The Morgan fingerprint density at radius 1 is 1.07 bits per heavy atom. The van der Waals surface area contributed by atoms with E-state index in [1.54, 1.807) is 23.2 Å². The molecule has 0 saturated carbocycles. The fraction of sp³-hybridized carbons (Fsp3) is 0.290. The highest BCUT2D eigenvalue weighted by Gasteiger charge is 2.44. The van der Waals surface area contributed by atoms with Crippen molar-refractivity contribution in [2.75, 3.05) is 13.1 Å². The molecule has 2 atom stereocenters. The molecule has 2 amide bonds. The molecule has 6 rings (SSSR count). The molecular weight excluding hydrogens is 544 g/mol. The van der Waals surface area contributed by atoms with Gasteiger partial charge in [-0.05, 0) is 73.9 Å². The monoisotopic (exact) mass is 572 g/mol. The molecule has 2 aliphatic heterocycles. The van der Waals surface area contributed by atoms with Crippen LogP contribution in [0.15, 0.2) is 71.3 Å². The van der Waals surface area contributed by atoms with E-state index in [9.17, 15) is 14.7 Å². The summed E-state index contributed by atoms with van der Waals surface area (Å²) < 4.78 is 11.8. The number of aryl methyl sites for hydroxylation is 1. The summed E-state index contributed by atoms with van der Waals surface area (Å²) in [6, 6.07) is 18.5. The van der Waals surface area contributed by atoms with Crippen molar-refractivity contribution >= 4 is 23.6 Å². The predicted octanol–water partition coefficient (Wildman–Crippen LogP) is 5.84. The van der Waals surface area contributed by atoms with Gasteiger partial charge < -0.3 is 19.2 Å². The maximum Gasteiger partial charge on any atom is 0.407 e. The van der Waals surface area contributed by atoms with E-state index in [1.165, 1.54) is 4.90 Å². The Hall–Kier alpha value is -4.37. The van der Waals surface area contributed by atoms with Crippen molar-refractivity contribution in [2.24, 2.45) is 0 Å². The quantitative estimate of drug-likeness (QED) is 0.296. The number of nitrogens with zero attached hydrogens (tertiary/aromatic N) is 4. The van der Waals surface area contributed by atoms with Crippen LogP contribution in [0.5, 0.6) is 5.75 Å². The Kier molecular flexibility index (Phi) is 7.36. The average molecular weight is 573 g/mol. The van der Waals surface area contributed by atoms with Gasteiger partial charge in [-0.25, -0.2) is 9.78 Å². The van der Waals surface area contributed by atoms with Gasteiger partial charge in [-0.1, -0.05) is 23.7 Å². The van der Waals surface area contributed by atoms with Crippen LogP contribution in [0.25, 0.3) is 11.3 Å². The largest absolute Gasteiger partial charge is 0.487 e. The molecule has 41 heavy (non-hydrogen) atoms. The molecular formula is C31H29ClN4O5. The number of piperazine rings is 1. The van der Waals surface area contributed by atoms with Gasteiger partial charge in [0.25, 0.3) is 5.91 Å². The summed E-state index contributed by atoms with van der Waals surface area (Å²) >= 11 is 6.10. The first kappa shape index (κ1) is 26.8. The van der Waals surface area contributed by atoms with E-state index in [2.05, 4.69) is 9.97 Å². The zero-order valence-corrected chi connectivity index (χ0v) is 23.3. The number of oxazole rings is 1. The second-order valence-corrected chi connectivity index (χ2v) is 10.9. The number of ether oxygens (including phenoxy) is 1. The minimum atomic E-state index is -0.905. The highest BCUT2D eigenvalue weighted by atomic mass is 35.5. The van der Waals surface area contributed by atoms with E-state index in [1.807, 2.05) is 55.5 Å². The van der Waals surface area contributed by atoms with Crippen LogP contribution in [0.3, 0.4) is 0 Å². The second-order valence-electron chi connectivity index (χ2n) is 10.5. The van der Waals surface area contributed by atoms with Crippen LogP contribution in [0.2, 0.25) is 5.02 Å². The van der Waals surface area contributed by atoms with E-state index in [0.29, 0.717) is 47.4 Å².